The molecule has 1 N–H and O–H groups in total. The molecule has 0 aliphatic rings. The summed E-state index contributed by atoms with van der Waals surface area (Å²) in [5.41, 5.74) is 4.84. The third kappa shape index (κ3) is 4.70. The first-order chi connectivity index (χ1) is 16.7. The predicted octanol–water partition coefficient (Wildman–Crippen LogP) is 6.76. The van der Waals surface area contributed by atoms with Crippen LogP contribution >= 0.6 is 12.2 Å². The highest BCUT2D eigenvalue weighted by atomic mass is 32.1. The van der Waals surface area contributed by atoms with E-state index in [0.29, 0.717) is 28.0 Å². The van der Waals surface area contributed by atoms with Gasteiger partial charge in [0.25, 0.3) is 0 Å². The Hall–Kier alpha value is -3.97. The SMILES string of the molecule is CCCN(Cc1ccccc1)C(=S)Nc1ccc2nc(-c3ccco3)c(-c3ccco3)nc2c1. The fraction of sp³-hybridized carbons (Fsp3) is 0.148. The van der Waals surface area contributed by atoms with Gasteiger partial charge >= 0.3 is 0 Å². The van der Waals surface area contributed by atoms with E-state index in [-0.39, 0.29) is 0 Å². The molecule has 0 saturated heterocycles. The minimum Gasteiger partial charge on any atom is -0.463 e. The Morgan fingerprint density at radius 3 is 2.15 bits per heavy atom. The van der Waals surface area contributed by atoms with E-state index in [2.05, 4.69) is 29.3 Å². The van der Waals surface area contributed by atoms with Crippen LogP contribution in [-0.4, -0.2) is 26.5 Å². The van der Waals surface area contributed by atoms with E-state index in [0.717, 1.165) is 36.2 Å². The molecule has 5 aromatic rings. The smallest absolute Gasteiger partial charge is 0.173 e. The zero-order chi connectivity index (χ0) is 23.3. The van der Waals surface area contributed by atoms with Gasteiger partial charge in [0.2, 0.25) is 0 Å². The summed E-state index contributed by atoms with van der Waals surface area (Å²) >= 11 is 5.76. The number of nitrogens with one attached hydrogen (secondary N) is 1. The molecule has 0 radical (unpaired) electrons. The molecule has 0 atom stereocenters. The Morgan fingerprint density at radius 2 is 1.53 bits per heavy atom. The fourth-order valence-electron chi connectivity index (χ4n) is 3.83. The molecule has 3 aromatic heterocycles. The molecule has 3 heterocycles. The highest BCUT2D eigenvalue weighted by Crippen LogP contribution is 2.32. The molecule has 0 unspecified atom stereocenters. The van der Waals surface area contributed by atoms with E-state index in [1.807, 2.05) is 60.7 Å². The third-order valence-corrected chi connectivity index (χ3v) is 5.78. The summed E-state index contributed by atoms with van der Waals surface area (Å²) in [7, 11) is 0. The fourth-order valence-corrected chi connectivity index (χ4v) is 4.10. The van der Waals surface area contributed by atoms with Gasteiger partial charge in [-0.05, 0) is 66.7 Å². The quantitative estimate of drug-likeness (QED) is 0.265. The summed E-state index contributed by atoms with van der Waals surface area (Å²) in [6, 6.07) is 23.6. The van der Waals surface area contributed by atoms with Crippen LogP contribution in [0.3, 0.4) is 0 Å². The zero-order valence-electron chi connectivity index (χ0n) is 18.8. The molecule has 7 heteroatoms. The molecular formula is C27H24N4O2S. The van der Waals surface area contributed by atoms with E-state index in [4.69, 9.17) is 31.0 Å². The maximum Gasteiger partial charge on any atom is 0.173 e. The molecule has 0 bridgehead atoms. The Balaban J connectivity index is 1.45. The monoisotopic (exact) mass is 468 g/mol. The van der Waals surface area contributed by atoms with Crippen LogP contribution in [0.1, 0.15) is 18.9 Å². The predicted molar refractivity (Wildman–Crippen MR) is 138 cm³/mol. The van der Waals surface area contributed by atoms with Crippen LogP contribution in [0.2, 0.25) is 0 Å². The van der Waals surface area contributed by atoms with Gasteiger partial charge in [0.15, 0.2) is 16.6 Å². The van der Waals surface area contributed by atoms with Gasteiger partial charge in [0.1, 0.15) is 11.4 Å². The van der Waals surface area contributed by atoms with Crippen molar-refractivity contribution in [3.05, 3.63) is 90.9 Å². The van der Waals surface area contributed by atoms with Crippen molar-refractivity contribution in [1.82, 2.24) is 14.9 Å². The Bertz CT molecular complexity index is 1380. The second kappa shape index (κ2) is 9.89. The summed E-state index contributed by atoms with van der Waals surface area (Å²) in [5, 5.41) is 4.06. The van der Waals surface area contributed by atoms with E-state index < -0.39 is 0 Å². The average Bonchev–Trinajstić information content (AvgIpc) is 3.58. The summed E-state index contributed by atoms with van der Waals surface area (Å²) in [4.78, 5) is 11.9. The van der Waals surface area contributed by atoms with Gasteiger partial charge < -0.3 is 19.1 Å². The first kappa shape index (κ1) is 21.9. The Kier molecular flexibility index (Phi) is 6.35. The number of rotatable bonds is 7. The summed E-state index contributed by atoms with van der Waals surface area (Å²) in [6.45, 7) is 3.77. The number of hydrogen-bond acceptors (Lipinski definition) is 5. The molecule has 0 aliphatic carbocycles. The lowest BCUT2D eigenvalue weighted by Gasteiger charge is -2.25. The van der Waals surface area contributed by atoms with Gasteiger partial charge in [-0.3, -0.25) is 0 Å². The zero-order valence-corrected chi connectivity index (χ0v) is 19.6. The van der Waals surface area contributed by atoms with Gasteiger partial charge in [-0.25, -0.2) is 9.97 Å². The van der Waals surface area contributed by atoms with Gasteiger partial charge in [-0.1, -0.05) is 37.3 Å². The van der Waals surface area contributed by atoms with Crippen molar-refractivity contribution >= 4 is 34.1 Å². The van der Waals surface area contributed by atoms with Crippen molar-refractivity contribution in [2.24, 2.45) is 0 Å². The number of fused-ring (bicyclic) bond motifs is 1. The van der Waals surface area contributed by atoms with Gasteiger partial charge in [0, 0.05) is 18.8 Å². The molecule has 2 aromatic carbocycles. The van der Waals surface area contributed by atoms with Gasteiger partial charge in [0.05, 0.1) is 23.6 Å². The van der Waals surface area contributed by atoms with Crippen LogP contribution < -0.4 is 5.32 Å². The minimum atomic E-state index is 0.629. The number of anilines is 1. The first-order valence-electron chi connectivity index (χ1n) is 11.2. The number of hydrogen-bond donors (Lipinski definition) is 1. The van der Waals surface area contributed by atoms with Crippen LogP contribution in [-0.2, 0) is 6.54 Å². The molecule has 0 saturated carbocycles. The minimum absolute atomic E-state index is 0.629. The van der Waals surface area contributed by atoms with Crippen LogP contribution in [0, 0.1) is 0 Å². The van der Waals surface area contributed by atoms with Gasteiger partial charge in [-0.15, -0.1) is 0 Å². The number of benzene rings is 2. The van der Waals surface area contributed by atoms with E-state index >= 15 is 0 Å². The van der Waals surface area contributed by atoms with Crippen molar-refractivity contribution in [1.29, 1.82) is 0 Å². The molecule has 6 nitrogen and oxygen atoms in total. The third-order valence-electron chi connectivity index (χ3n) is 5.42. The Morgan fingerprint density at radius 1 is 0.853 bits per heavy atom. The molecule has 0 aliphatic heterocycles. The second-order valence-electron chi connectivity index (χ2n) is 7.92. The highest BCUT2D eigenvalue weighted by molar-refractivity contribution is 7.80. The Labute approximate surface area is 203 Å². The molecule has 5 rings (SSSR count). The van der Waals surface area contributed by atoms with Crippen molar-refractivity contribution in [3.63, 3.8) is 0 Å². The van der Waals surface area contributed by atoms with Crippen LogP contribution in [0.15, 0.2) is 94.2 Å². The number of nitrogens with zero attached hydrogens (tertiary/aromatic N) is 3. The highest BCUT2D eigenvalue weighted by Gasteiger charge is 2.18. The van der Waals surface area contributed by atoms with Crippen molar-refractivity contribution < 1.29 is 8.83 Å². The molecule has 0 amide bonds. The summed E-state index contributed by atoms with van der Waals surface area (Å²) in [6.07, 6.45) is 4.25. The lowest BCUT2D eigenvalue weighted by Crippen LogP contribution is -2.34. The van der Waals surface area contributed by atoms with Crippen LogP contribution in [0.5, 0.6) is 0 Å². The van der Waals surface area contributed by atoms with E-state index in [1.165, 1.54) is 5.56 Å². The molecule has 170 valence electrons. The van der Waals surface area contributed by atoms with E-state index in [1.54, 1.807) is 12.5 Å². The molecule has 0 spiro atoms. The molecular weight excluding hydrogens is 444 g/mol. The average molecular weight is 469 g/mol. The largest absolute Gasteiger partial charge is 0.463 e. The van der Waals surface area contributed by atoms with Crippen LogP contribution in [0.4, 0.5) is 5.69 Å². The maximum atomic E-state index is 5.76. The first-order valence-corrected chi connectivity index (χ1v) is 11.6. The topological polar surface area (TPSA) is 67.3 Å². The lowest BCUT2D eigenvalue weighted by atomic mass is 10.1. The van der Waals surface area contributed by atoms with Crippen LogP contribution in [0.25, 0.3) is 33.9 Å². The van der Waals surface area contributed by atoms with E-state index in [9.17, 15) is 0 Å². The second-order valence-corrected chi connectivity index (χ2v) is 8.30. The molecule has 34 heavy (non-hydrogen) atoms. The van der Waals surface area contributed by atoms with Crippen molar-refractivity contribution in [2.75, 3.05) is 11.9 Å². The van der Waals surface area contributed by atoms with Crippen molar-refractivity contribution in [2.45, 2.75) is 19.9 Å². The van der Waals surface area contributed by atoms with Crippen molar-refractivity contribution in [3.8, 4) is 22.9 Å². The summed E-state index contributed by atoms with van der Waals surface area (Å²) < 4.78 is 11.2. The number of aromatic nitrogens is 2. The normalized spacial score (nSPS) is 11.0. The maximum absolute atomic E-state index is 5.76. The number of furan rings is 2. The lowest BCUT2D eigenvalue weighted by molar-refractivity contribution is 0.418. The number of thiocarbonyl (C=S) groups is 1. The standard InChI is InChI=1S/C27H24N4O2S/c1-2-14-31(18-19-8-4-3-5-9-19)27(34)28-20-12-13-21-22(17-20)30-26(24-11-7-16-33-24)25(29-21)23-10-6-15-32-23/h3-13,15-17H,2,14,18H2,1H3,(H,28,34). The van der Waals surface area contributed by atoms with Gasteiger partial charge in [-0.2, -0.15) is 0 Å². The molecule has 0 fully saturated rings. The summed E-state index contributed by atoms with van der Waals surface area (Å²) in [5.74, 6) is 1.27.